The standard InChI is InChI=1S/C22H27N5O2S/c1-16(21(28)23-18-10-12-19(13-11-18)26(2)3)30-22-25-24-20(27(22)14-15-29-4)17-8-6-5-7-9-17/h5-13,16H,14-15H2,1-4H3,(H,23,28)/t16-/m1/s1. The van der Waals surface area contributed by atoms with Crippen molar-refractivity contribution in [3.05, 3.63) is 54.6 Å². The van der Waals surface area contributed by atoms with Gasteiger partial charge in [0.1, 0.15) is 0 Å². The second kappa shape index (κ2) is 10.3. The van der Waals surface area contributed by atoms with Crippen molar-refractivity contribution in [2.24, 2.45) is 0 Å². The summed E-state index contributed by atoms with van der Waals surface area (Å²) in [7, 11) is 5.63. The molecule has 3 rings (SSSR count). The third-order valence-corrected chi connectivity index (χ3v) is 5.65. The van der Waals surface area contributed by atoms with E-state index in [0.717, 1.165) is 22.8 Å². The van der Waals surface area contributed by atoms with Crippen molar-refractivity contribution in [1.82, 2.24) is 14.8 Å². The van der Waals surface area contributed by atoms with E-state index in [1.54, 1.807) is 7.11 Å². The molecule has 1 N–H and O–H groups in total. The second-order valence-electron chi connectivity index (χ2n) is 7.01. The van der Waals surface area contributed by atoms with E-state index in [2.05, 4.69) is 15.5 Å². The van der Waals surface area contributed by atoms with Gasteiger partial charge < -0.3 is 15.0 Å². The molecule has 0 saturated heterocycles. The Morgan fingerprint density at radius 1 is 1.13 bits per heavy atom. The molecule has 1 atom stereocenters. The lowest BCUT2D eigenvalue weighted by atomic mass is 10.2. The van der Waals surface area contributed by atoms with Gasteiger partial charge in [-0.25, -0.2) is 0 Å². The van der Waals surface area contributed by atoms with Gasteiger partial charge in [-0.3, -0.25) is 9.36 Å². The Hall–Kier alpha value is -2.84. The molecule has 3 aromatic rings. The van der Waals surface area contributed by atoms with E-state index >= 15 is 0 Å². The highest BCUT2D eigenvalue weighted by Gasteiger charge is 2.21. The monoisotopic (exact) mass is 425 g/mol. The number of aromatic nitrogens is 3. The first-order valence-electron chi connectivity index (χ1n) is 9.72. The first kappa shape index (κ1) is 21.9. The number of carbonyl (C=O) groups excluding carboxylic acids is 1. The quantitative estimate of drug-likeness (QED) is 0.526. The zero-order chi connectivity index (χ0) is 21.5. The molecule has 1 amide bonds. The van der Waals surface area contributed by atoms with Crippen LogP contribution < -0.4 is 10.2 Å². The molecule has 2 aromatic carbocycles. The number of methoxy groups -OCH3 is 1. The van der Waals surface area contributed by atoms with Gasteiger partial charge in [0, 0.05) is 38.1 Å². The maximum absolute atomic E-state index is 12.7. The summed E-state index contributed by atoms with van der Waals surface area (Å²) in [5, 5.41) is 12.0. The molecule has 8 heteroatoms. The number of rotatable bonds is 9. The van der Waals surface area contributed by atoms with Crippen LogP contribution in [0, 0.1) is 0 Å². The van der Waals surface area contributed by atoms with Crippen LogP contribution in [0.5, 0.6) is 0 Å². The van der Waals surface area contributed by atoms with Gasteiger partial charge in [0.05, 0.1) is 18.4 Å². The van der Waals surface area contributed by atoms with E-state index in [0.29, 0.717) is 18.3 Å². The number of thioether (sulfide) groups is 1. The predicted octanol–water partition coefficient (Wildman–Crippen LogP) is 3.78. The first-order chi connectivity index (χ1) is 14.5. The van der Waals surface area contributed by atoms with Crippen molar-refractivity contribution in [1.29, 1.82) is 0 Å². The van der Waals surface area contributed by atoms with Crippen molar-refractivity contribution in [3.8, 4) is 11.4 Å². The maximum Gasteiger partial charge on any atom is 0.237 e. The topological polar surface area (TPSA) is 72.3 Å². The van der Waals surface area contributed by atoms with Gasteiger partial charge in [0.2, 0.25) is 5.91 Å². The van der Waals surface area contributed by atoms with Gasteiger partial charge in [-0.1, -0.05) is 42.1 Å². The van der Waals surface area contributed by atoms with E-state index < -0.39 is 0 Å². The molecule has 0 bridgehead atoms. The summed E-state index contributed by atoms with van der Waals surface area (Å²) in [4.78, 5) is 14.7. The Kier molecular flexibility index (Phi) is 7.48. The molecule has 1 aromatic heterocycles. The minimum atomic E-state index is -0.340. The second-order valence-corrected chi connectivity index (χ2v) is 8.32. The fourth-order valence-electron chi connectivity index (χ4n) is 2.86. The molecule has 0 radical (unpaired) electrons. The largest absolute Gasteiger partial charge is 0.383 e. The molecular weight excluding hydrogens is 398 g/mol. The molecule has 0 aliphatic heterocycles. The Morgan fingerprint density at radius 2 is 1.83 bits per heavy atom. The Labute approximate surface area is 181 Å². The average Bonchev–Trinajstić information content (AvgIpc) is 3.15. The molecule has 0 aliphatic rings. The molecule has 0 spiro atoms. The zero-order valence-corrected chi connectivity index (χ0v) is 18.5. The van der Waals surface area contributed by atoms with E-state index in [9.17, 15) is 4.79 Å². The van der Waals surface area contributed by atoms with Crippen molar-refractivity contribution in [2.75, 3.05) is 38.0 Å². The third-order valence-electron chi connectivity index (χ3n) is 4.57. The molecular formula is C22H27N5O2S. The Balaban J connectivity index is 1.72. The normalized spacial score (nSPS) is 11.9. The third kappa shape index (κ3) is 5.40. The van der Waals surface area contributed by atoms with Crippen LogP contribution in [-0.4, -0.2) is 53.7 Å². The fraction of sp³-hybridized carbons (Fsp3) is 0.318. The summed E-state index contributed by atoms with van der Waals surface area (Å²) in [6, 6.07) is 17.6. The van der Waals surface area contributed by atoms with Gasteiger partial charge >= 0.3 is 0 Å². The Bertz CT molecular complexity index is 957. The number of hydrogen-bond acceptors (Lipinski definition) is 6. The first-order valence-corrected chi connectivity index (χ1v) is 10.6. The highest BCUT2D eigenvalue weighted by atomic mass is 32.2. The lowest BCUT2D eigenvalue weighted by Gasteiger charge is -2.15. The lowest BCUT2D eigenvalue weighted by molar-refractivity contribution is -0.115. The summed E-state index contributed by atoms with van der Waals surface area (Å²) >= 11 is 1.39. The minimum Gasteiger partial charge on any atom is -0.383 e. The summed E-state index contributed by atoms with van der Waals surface area (Å²) in [5.74, 6) is 0.683. The van der Waals surface area contributed by atoms with Crippen molar-refractivity contribution < 1.29 is 9.53 Å². The maximum atomic E-state index is 12.7. The summed E-state index contributed by atoms with van der Waals surface area (Å²) in [5.41, 5.74) is 2.82. The SMILES string of the molecule is COCCn1c(S[C@H](C)C(=O)Nc2ccc(N(C)C)cc2)nnc1-c1ccccc1. The summed E-state index contributed by atoms with van der Waals surface area (Å²) in [6.07, 6.45) is 0. The van der Waals surface area contributed by atoms with Gasteiger partial charge in [0.25, 0.3) is 0 Å². The molecule has 30 heavy (non-hydrogen) atoms. The predicted molar refractivity (Wildman–Crippen MR) is 122 cm³/mol. The number of benzene rings is 2. The molecule has 7 nitrogen and oxygen atoms in total. The van der Waals surface area contributed by atoms with Crippen LogP contribution in [0.4, 0.5) is 11.4 Å². The number of hydrogen-bond donors (Lipinski definition) is 1. The van der Waals surface area contributed by atoms with Gasteiger partial charge in [-0.2, -0.15) is 0 Å². The van der Waals surface area contributed by atoms with Crippen LogP contribution >= 0.6 is 11.8 Å². The summed E-state index contributed by atoms with van der Waals surface area (Å²) < 4.78 is 7.25. The van der Waals surface area contributed by atoms with Gasteiger partial charge in [-0.15, -0.1) is 10.2 Å². The van der Waals surface area contributed by atoms with Crippen LogP contribution in [-0.2, 0) is 16.1 Å². The fourth-order valence-corrected chi connectivity index (χ4v) is 3.73. The lowest BCUT2D eigenvalue weighted by Crippen LogP contribution is -2.23. The van der Waals surface area contributed by atoms with Crippen molar-refractivity contribution in [2.45, 2.75) is 23.9 Å². The number of nitrogens with zero attached hydrogens (tertiary/aromatic N) is 4. The van der Waals surface area contributed by atoms with Gasteiger partial charge in [0.15, 0.2) is 11.0 Å². The smallest absolute Gasteiger partial charge is 0.237 e. The van der Waals surface area contributed by atoms with Gasteiger partial charge in [-0.05, 0) is 31.2 Å². The number of anilines is 2. The van der Waals surface area contributed by atoms with Crippen LogP contribution in [0.3, 0.4) is 0 Å². The molecule has 1 heterocycles. The highest BCUT2D eigenvalue weighted by molar-refractivity contribution is 8.00. The minimum absolute atomic E-state index is 0.0832. The zero-order valence-electron chi connectivity index (χ0n) is 17.7. The van der Waals surface area contributed by atoms with Crippen LogP contribution in [0.15, 0.2) is 59.8 Å². The number of nitrogens with one attached hydrogen (secondary N) is 1. The van der Waals surface area contributed by atoms with Crippen LogP contribution in [0.1, 0.15) is 6.92 Å². The van der Waals surface area contributed by atoms with E-state index in [1.807, 2.05) is 85.1 Å². The van der Waals surface area contributed by atoms with Crippen molar-refractivity contribution in [3.63, 3.8) is 0 Å². The number of ether oxygens (including phenoxy) is 1. The van der Waals surface area contributed by atoms with Crippen LogP contribution in [0.25, 0.3) is 11.4 Å². The highest BCUT2D eigenvalue weighted by Crippen LogP contribution is 2.27. The molecule has 0 unspecified atom stereocenters. The van der Waals surface area contributed by atoms with E-state index in [1.165, 1.54) is 11.8 Å². The van der Waals surface area contributed by atoms with Crippen LogP contribution in [0.2, 0.25) is 0 Å². The molecule has 0 fully saturated rings. The Morgan fingerprint density at radius 3 is 2.47 bits per heavy atom. The van der Waals surface area contributed by atoms with E-state index in [4.69, 9.17) is 4.74 Å². The number of carbonyl (C=O) groups is 1. The van der Waals surface area contributed by atoms with Crippen molar-refractivity contribution >= 4 is 29.0 Å². The number of amides is 1. The molecule has 0 aliphatic carbocycles. The summed E-state index contributed by atoms with van der Waals surface area (Å²) in [6.45, 7) is 3.01. The average molecular weight is 426 g/mol. The molecule has 0 saturated carbocycles. The van der Waals surface area contributed by atoms with E-state index in [-0.39, 0.29) is 11.2 Å². The molecule has 158 valence electrons.